The summed E-state index contributed by atoms with van der Waals surface area (Å²) >= 11 is 0. The van der Waals surface area contributed by atoms with Crippen molar-refractivity contribution in [2.45, 2.75) is 45.3 Å². The highest BCUT2D eigenvalue weighted by molar-refractivity contribution is 4.76. The van der Waals surface area contributed by atoms with Gasteiger partial charge in [0.2, 0.25) is 0 Å². The van der Waals surface area contributed by atoms with Gasteiger partial charge in [0.05, 0.1) is 5.60 Å². The first-order chi connectivity index (χ1) is 7.03. The molecule has 0 aromatic heterocycles. The molecule has 1 aliphatic heterocycles. The monoisotopic (exact) mass is 214 g/mol. The molecule has 0 aromatic rings. The molecule has 1 N–H and O–H groups in total. The molecule has 3 heteroatoms. The van der Waals surface area contributed by atoms with Crippen LogP contribution in [0.3, 0.4) is 0 Å². The lowest BCUT2D eigenvalue weighted by atomic mass is 10.0. The summed E-state index contributed by atoms with van der Waals surface area (Å²) in [4.78, 5) is 2.55. The summed E-state index contributed by atoms with van der Waals surface area (Å²) in [5, 5.41) is 3.51. The molecule has 0 amide bonds. The molecule has 1 fully saturated rings. The van der Waals surface area contributed by atoms with Crippen molar-refractivity contribution < 1.29 is 4.74 Å². The van der Waals surface area contributed by atoms with Crippen LogP contribution in [0.25, 0.3) is 0 Å². The number of nitrogens with one attached hydrogen (secondary N) is 1. The molecule has 1 atom stereocenters. The van der Waals surface area contributed by atoms with Gasteiger partial charge in [-0.15, -0.1) is 0 Å². The molecule has 1 heterocycles. The predicted molar refractivity (Wildman–Crippen MR) is 64.2 cm³/mol. The minimum atomic E-state index is 0.0168. The lowest BCUT2D eigenvalue weighted by Crippen LogP contribution is -2.38. The summed E-state index contributed by atoms with van der Waals surface area (Å²) in [6.45, 7) is 11.3. The van der Waals surface area contributed by atoms with Crippen LogP contribution >= 0.6 is 0 Å². The van der Waals surface area contributed by atoms with Crippen LogP contribution in [0.5, 0.6) is 0 Å². The maximum absolute atomic E-state index is 5.44. The summed E-state index contributed by atoms with van der Waals surface area (Å²) in [6, 6.07) is 0.623. The molecule has 1 saturated heterocycles. The Morgan fingerprint density at radius 1 is 1.47 bits per heavy atom. The van der Waals surface area contributed by atoms with Crippen molar-refractivity contribution in [1.82, 2.24) is 10.2 Å². The van der Waals surface area contributed by atoms with Crippen molar-refractivity contribution in [3.05, 3.63) is 0 Å². The van der Waals surface area contributed by atoms with Crippen molar-refractivity contribution in [2.24, 2.45) is 0 Å². The molecule has 0 bridgehead atoms. The first kappa shape index (κ1) is 12.9. The van der Waals surface area contributed by atoms with Gasteiger partial charge in [0, 0.05) is 26.2 Å². The van der Waals surface area contributed by atoms with E-state index < -0.39 is 0 Å². The molecular formula is C12H26N2O. The molecule has 90 valence electrons. The Hall–Kier alpha value is -0.120. The van der Waals surface area contributed by atoms with E-state index in [0.29, 0.717) is 6.04 Å². The van der Waals surface area contributed by atoms with Crippen LogP contribution in [-0.4, -0.2) is 49.8 Å². The maximum atomic E-state index is 5.44. The fourth-order valence-electron chi connectivity index (χ4n) is 1.93. The van der Waals surface area contributed by atoms with Crippen LogP contribution in [0.4, 0.5) is 0 Å². The van der Waals surface area contributed by atoms with Gasteiger partial charge in [-0.1, -0.05) is 0 Å². The molecule has 1 unspecified atom stereocenters. The molecule has 0 aliphatic carbocycles. The van der Waals surface area contributed by atoms with Crippen molar-refractivity contribution in [3.63, 3.8) is 0 Å². The van der Waals surface area contributed by atoms with E-state index in [2.05, 4.69) is 31.0 Å². The van der Waals surface area contributed by atoms with Crippen molar-refractivity contribution in [2.75, 3.05) is 33.3 Å². The Labute approximate surface area is 94.2 Å². The zero-order chi connectivity index (χ0) is 11.3. The van der Waals surface area contributed by atoms with E-state index in [9.17, 15) is 0 Å². The van der Waals surface area contributed by atoms with Crippen LogP contribution in [0.2, 0.25) is 0 Å². The van der Waals surface area contributed by atoms with Gasteiger partial charge >= 0.3 is 0 Å². The van der Waals surface area contributed by atoms with Crippen LogP contribution < -0.4 is 5.32 Å². The third-order valence-electron chi connectivity index (χ3n) is 3.26. The standard InChI is InChI=1S/C12H26N2O/c1-11-10-14(8-5-7-13-11)9-6-12(2,3)15-4/h11,13H,5-10H2,1-4H3. The maximum Gasteiger partial charge on any atom is 0.0634 e. The lowest BCUT2D eigenvalue weighted by molar-refractivity contribution is 0.00742. The van der Waals surface area contributed by atoms with Gasteiger partial charge in [0.1, 0.15) is 0 Å². The first-order valence-corrected chi connectivity index (χ1v) is 6.04. The number of methoxy groups -OCH3 is 1. The number of hydrogen-bond donors (Lipinski definition) is 1. The second-order valence-electron chi connectivity index (χ2n) is 5.22. The third-order valence-corrected chi connectivity index (χ3v) is 3.26. The van der Waals surface area contributed by atoms with Gasteiger partial charge in [-0.3, -0.25) is 0 Å². The highest BCUT2D eigenvalue weighted by Gasteiger charge is 2.19. The number of nitrogens with zero attached hydrogens (tertiary/aromatic N) is 1. The van der Waals surface area contributed by atoms with E-state index in [-0.39, 0.29) is 5.60 Å². The minimum Gasteiger partial charge on any atom is -0.379 e. The van der Waals surface area contributed by atoms with Gasteiger partial charge in [-0.25, -0.2) is 0 Å². The normalized spacial score (nSPS) is 25.2. The Kier molecular flexibility index (Phi) is 5.03. The van der Waals surface area contributed by atoms with E-state index >= 15 is 0 Å². The molecule has 0 radical (unpaired) electrons. The molecule has 0 spiro atoms. The molecule has 0 aromatic carbocycles. The summed E-state index contributed by atoms with van der Waals surface area (Å²) in [6.07, 6.45) is 2.37. The van der Waals surface area contributed by atoms with Gasteiger partial charge in [0.15, 0.2) is 0 Å². The SMILES string of the molecule is COC(C)(C)CCN1CCCNC(C)C1. The average Bonchev–Trinajstić information content (AvgIpc) is 2.40. The van der Waals surface area contributed by atoms with Gasteiger partial charge in [-0.2, -0.15) is 0 Å². The van der Waals surface area contributed by atoms with E-state index in [0.717, 1.165) is 19.5 Å². The molecule has 0 saturated carbocycles. The fraction of sp³-hybridized carbons (Fsp3) is 1.00. The highest BCUT2D eigenvalue weighted by atomic mass is 16.5. The fourth-order valence-corrected chi connectivity index (χ4v) is 1.93. The second kappa shape index (κ2) is 5.83. The topological polar surface area (TPSA) is 24.5 Å². The summed E-state index contributed by atoms with van der Waals surface area (Å²) in [5.41, 5.74) is 0.0168. The minimum absolute atomic E-state index is 0.0168. The average molecular weight is 214 g/mol. The Morgan fingerprint density at radius 3 is 2.87 bits per heavy atom. The van der Waals surface area contributed by atoms with Crippen LogP contribution in [0.1, 0.15) is 33.6 Å². The molecule has 1 aliphatic rings. The first-order valence-electron chi connectivity index (χ1n) is 6.04. The smallest absolute Gasteiger partial charge is 0.0634 e. The molecular weight excluding hydrogens is 188 g/mol. The quantitative estimate of drug-likeness (QED) is 0.767. The Bertz CT molecular complexity index is 182. The number of hydrogen-bond acceptors (Lipinski definition) is 3. The molecule has 1 rings (SSSR count). The lowest BCUT2D eigenvalue weighted by Gasteiger charge is -2.28. The van der Waals surface area contributed by atoms with Gasteiger partial charge in [0.25, 0.3) is 0 Å². The largest absolute Gasteiger partial charge is 0.379 e. The zero-order valence-corrected chi connectivity index (χ0v) is 10.7. The van der Waals surface area contributed by atoms with E-state index in [4.69, 9.17) is 4.74 Å². The Morgan fingerprint density at radius 2 is 2.20 bits per heavy atom. The van der Waals surface area contributed by atoms with Gasteiger partial charge < -0.3 is 15.0 Å². The Balaban J connectivity index is 2.30. The van der Waals surface area contributed by atoms with Crippen LogP contribution in [0, 0.1) is 0 Å². The summed E-state index contributed by atoms with van der Waals surface area (Å²) < 4.78 is 5.44. The van der Waals surface area contributed by atoms with Gasteiger partial charge in [-0.05, 0) is 46.7 Å². The number of ether oxygens (including phenoxy) is 1. The van der Waals surface area contributed by atoms with Crippen molar-refractivity contribution in [3.8, 4) is 0 Å². The predicted octanol–water partition coefficient (Wildman–Crippen LogP) is 1.49. The van der Waals surface area contributed by atoms with Crippen LogP contribution in [0.15, 0.2) is 0 Å². The van der Waals surface area contributed by atoms with E-state index in [1.54, 1.807) is 7.11 Å². The van der Waals surface area contributed by atoms with Crippen molar-refractivity contribution in [1.29, 1.82) is 0 Å². The molecule has 3 nitrogen and oxygen atoms in total. The highest BCUT2D eigenvalue weighted by Crippen LogP contribution is 2.14. The van der Waals surface area contributed by atoms with Crippen molar-refractivity contribution >= 4 is 0 Å². The second-order valence-corrected chi connectivity index (χ2v) is 5.22. The van der Waals surface area contributed by atoms with E-state index in [1.807, 2.05) is 0 Å². The zero-order valence-electron chi connectivity index (χ0n) is 10.7. The molecule has 15 heavy (non-hydrogen) atoms. The summed E-state index contributed by atoms with van der Waals surface area (Å²) in [5.74, 6) is 0. The summed E-state index contributed by atoms with van der Waals surface area (Å²) in [7, 11) is 1.80. The van der Waals surface area contributed by atoms with E-state index in [1.165, 1.54) is 19.5 Å². The van der Waals surface area contributed by atoms with Crippen LogP contribution in [-0.2, 0) is 4.74 Å². The third kappa shape index (κ3) is 4.96. The number of rotatable bonds is 4.